The van der Waals surface area contributed by atoms with Crippen LogP contribution in [-0.4, -0.2) is 47.1 Å². The summed E-state index contributed by atoms with van der Waals surface area (Å²) in [5.41, 5.74) is -0.0179. The van der Waals surface area contributed by atoms with Crippen LogP contribution in [-0.2, 0) is 0 Å². The number of carbonyl (C=O) groups is 2. The number of benzene rings is 1. The summed E-state index contributed by atoms with van der Waals surface area (Å²) in [5.74, 6) is -1.89. The van der Waals surface area contributed by atoms with E-state index in [1.54, 1.807) is 0 Å². The van der Waals surface area contributed by atoms with Crippen LogP contribution in [0.2, 0.25) is 5.02 Å². The number of carbonyl (C=O) groups excluding carboxylic acids is 2. The first kappa shape index (κ1) is 19.7. The SMILES string of the molecule is O=C(N[C@@H]1CN(C(=O)c2ccc(F)c(Cl)c2)C[C@H]1O)c1ccsc1C(F)F. The summed E-state index contributed by atoms with van der Waals surface area (Å²) in [6, 6.07) is 3.97. The molecule has 0 radical (unpaired) electrons. The van der Waals surface area contributed by atoms with Gasteiger partial charge in [0.05, 0.1) is 27.6 Å². The summed E-state index contributed by atoms with van der Waals surface area (Å²) in [6.45, 7) is -0.0843. The van der Waals surface area contributed by atoms with Crippen molar-refractivity contribution in [3.05, 3.63) is 56.5 Å². The summed E-state index contributed by atoms with van der Waals surface area (Å²) in [5, 5.41) is 13.8. The van der Waals surface area contributed by atoms with Crippen molar-refractivity contribution in [3.63, 3.8) is 0 Å². The first-order valence-corrected chi connectivity index (χ1v) is 9.12. The minimum Gasteiger partial charge on any atom is -0.389 e. The number of hydrogen-bond acceptors (Lipinski definition) is 4. The molecule has 5 nitrogen and oxygen atoms in total. The Morgan fingerprint density at radius 2 is 2.04 bits per heavy atom. The lowest BCUT2D eigenvalue weighted by atomic mass is 10.2. The lowest BCUT2D eigenvalue weighted by Gasteiger charge is -2.17. The first-order valence-electron chi connectivity index (χ1n) is 7.86. The molecule has 0 saturated carbocycles. The number of rotatable bonds is 4. The fourth-order valence-corrected chi connectivity index (χ4v) is 3.75. The molecule has 144 valence electrons. The van der Waals surface area contributed by atoms with Crippen LogP contribution in [0, 0.1) is 5.82 Å². The number of nitrogens with zero attached hydrogens (tertiary/aromatic N) is 1. The van der Waals surface area contributed by atoms with Crippen molar-refractivity contribution in [2.45, 2.75) is 18.6 Å². The minimum absolute atomic E-state index is 0.0190. The molecule has 3 rings (SSSR count). The molecule has 10 heteroatoms. The fourth-order valence-electron chi connectivity index (χ4n) is 2.83. The van der Waals surface area contributed by atoms with E-state index in [1.807, 2.05) is 0 Å². The number of amides is 2. The molecule has 1 aromatic carbocycles. The van der Waals surface area contributed by atoms with Crippen molar-refractivity contribution in [2.24, 2.45) is 0 Å². The zero-order chi connectivity index (χ0) is 19.7. The number of β-amino-alcohol motifs (C(OH)–C–C–N with tert-alkyl or cyclic N) is 1. The highest BCUT2D eigenvalue weighted by Gasteiger charge is 2.36. The molecule has 2 heterocycles. The summed E-state index contributed by atoms with van der Waals surface area (Å²) in [6.07, 6.45) is -3.84. The van der Waals surface area contributed by atoms with Crippen LogP contribution in [0.25, 0.3) is 0 Å². The second-order valence-electron chi connectivity index (χ2n) is 5.99. The molecule has 1 fully saturated rings. The monoisotopic (exact) mass is 418 g/mol. The Labute approximate surface area is 161 Å². The molecule has 2 N–H and O–H groups in total. The Bertz CT molecular complexity index is 877. The molecule has 1 aromatic heterocycles. The van der Waals surface area contributed by atoms with Gasteiger partial charge in [0.25, 0.3) is 18.2 Å². The van der Waals surface area contributed by atoms with Gasteiger partial charge in [-0.15, -0.1) is 11.3 Å². The van der Waals surface area contributed by atoms with E-state index in [0.717, 1.165) is 17.4 Å². The summed E-state index contributed by atoms with van der Waals surface area (Å²) in [7, 11) is 0. The molecule has 2 aromatic rings. The summed E-state index contributed by atoms with van der Waals surface area (Å²) < 4.78 is 39.1. The van der Waals surface area contributed by atoms with Crippen LogP contribution in [0.15, 0.2) is 29.6 Å². The normalized spacial score (nSPS) is 19.6. The van der Waals surface area contributed by atoms with Crippen LogP contribution in [0.3, 0.4) is 0 Å². The maximum Gasteiger partial charge on any atom is 0.273 e. The third-order valence-corrected chi connectivity index (χ3v) is 5.41. The Morgan fingerprint density at radius 1 is 1.30 bits per heavy atom. The van der Waals surface area contributed by atoms with Gasteiger partial charge in [-0.1, -0.05) is 11.6 Å². The zero-order valence-electron chi connectivity index (χ0n) is 13.7. The van der Waals surface area contributed by atoms with Gasteiger partial charge in [0.15, 0.2) is 0 Å². The number of hydrogen-bond donors (Lipinski definition) is 2. The molecular formula is C17H14ClF3N2O3S. The third-order valence-electron chi connectivity index (χ3n) is 4.20. The van der Waals surface area contributed by atoms with Gasteiger partial charge < -0.3 is 15.3 Å². The Balaban J connectivity index is 1.69. The lowest BCUT2D eigenvalue weighted by Crippen LogP contribution is -2.43. The van der Waals surface area contributed by atoms with Gasteiger partial charge in [0, 0.05) is 18.7 Å². The van der Waals surface area contributed by atoms with Crippen molar-refractivity contribution in [1.29, 1.82) is 0 Å². The van der Waals surface area contributed by atoms with E-state index in [2.05, 4.69) is 5.32 Å². The molecule has 2 amide bonds. The Hall–Kier alpha value is -2.10. The fraction of sp³-hybridized carbons (Fsp3) is 0.294. The van der Waals surface area contributed by atoms with E-state index in [-0.39, 0.29) is 34.1 Å². The molecule has 0 bridgehead atoms. The number of nitrogens with one attached hydrogen (secondary N) is 1. The predicted molar refractivity (Wildman–Crippen MR) is 93.9 cm³/mol. The zero-order valence-corrected chi connectivity index (χ0v) is 15.2. The average molecular weight is 419 g/mol. The van der Waals surface area contributed by atoms with Crippen molar-refractivity contribution in [3.8, 4) is 0 Å². The molecule has 0 spiro atoms. The molecule has 27 heavy (non-hydrogen) atoms. The van der Waals surface area contributed by atoms with Gasteiger partial charge in [-0.2, -0.15) is 0 Å². The van der Waals surface area contributed by atoms with Crippen LogP contribution >= 0.6 is 22.9 Å². The Kier molecular flexibility index (Phi) is 5.73. The summed E-state index contributed by atoms with van der Waals surface area (Å²) >= 11 is 6.44. The van der Waals surface area contributed by atoms with Crippen LogP contribution in [0.4, 0.5) is 13.2 Å². The number of aliphatic hydroxyl groups is 1. The highest BCUT2D eigenvalue weighted by Crippen LogP contribution is 2.28. The predicted octanol–water partition coefficient (Wildman–Crippen LogP) is 3.09. The van der Waals surface area contributed by atoms with Crippen LogP contribution in [0.1, 0.15) is 32.0 Å². The largest absolute Gasteiger partial charge is 0.389 e. The van der Waals surface area contributed by atoms with E-state index < -0.39 is 36.2 Å². The van der Waals surface area contributed by atoms with E-state index in [4.69, 9.17) is 11.6 Å². The highest BCUT2D eigenvalue weighted by molar-refractivity contribution is 7.10. The van der Waals surface area contributed by atoms with Crippen molar-refractivity contribution < 1.29 is 27.9 Å². The molecule has 2 atom stereocenters. The second-order valence-corrected chi connectivity index (χ2v) is 7.34. The second kappa shape index (κ2) is 7.87. The maximum atomic E-state index is 13.2. The summed E-state index contributed by atoms with van der Waals surface area (Å²) in [4.78, 5) is 25.7. The van der Waals surface area contributed by atoms with E-state index >= 15 is 0 Å². The van der Waals surface area contributed by atoms with Gasteiger partial charge >= 0.3 is 0 Å². The number of likely N-dealkylation sites (tertiary alicyclic amines) is 1. The molecule has 1 saturated heterocycles. The molecular weight excluding hydrogens is 405 g/mol. The molecule has 1 aliphatic rings. The van der Waals surface area contributed by atoms with Gasteiger partial charge in [-0.05, 0) is 29.6 Å². The van der Waals surface area contributed by atoms with E-state index in [1.165, 1.54) is 28.5 Å². The number of halogens is 4. The van der Waals surface area contributed by atoms with Crippen molar-refractivity contribution >= 4 is 34.8 Å². The van der Waals surface area contributed by atoms with Crippen LogP contribution in [0.5, 0.6) is 0 Å². The molecule has 0 aliphatic carbocycles. The number of alkyl halides is 2. The average Bonchev–Trinajstić information content (AvgIpc) is 3.24. The lowest BCUT2D eigenvalue weighted by molar-refractivity contribution is 0.0765. The third kappa shape index (κ3) is 4.10. The van der Waals surface area contributed by atoms with Crippen molar-refractivity contribution in [1.82, 2.24) is 10.2 Å². The standard InChI is InChI=1S/C17H14ClF3N2O3S/c18-10-5-8(1-2-11(10)19)17(26)23-6-12(13(24)7-23)22-16(25)9-3-4-27-14(9)15(20)21/h1-5,12-13,15,24H,6-7H2,(H,22,25)/t12-,13-/m1/s1. The van der Waals surface area contributed by atoms with Crippen molar-refractivity contribution in [2.75, 3.05) is 13.1 Å². The number of thiophene rings is 1. The maximum absolute atomic E-state index is 13.2. The van der Waals surface area contributed by atoms with E-state index in [0.29, 0.717) is 0 Å². The molecule has 1 aliphatic heterocycles. The first-order chi connectivity index (χ1) is 12.8. The van der Waals surface area contributed by atoms with Gasteiger partial charge in [-0.3, -0.25) is 9.59 Å². The van der Waals surface area contributed by atoms with Gasteiger partial charge in [0.1, 0.15) is 5.82 Å². The van der Waals surface area contributed by atoms with Gasteiger partial charge in [-0.25, -0.2) is 13.2 Å². The molecule has 0 unspecified atom stereocenters. The topological polar surface area (TPSA) is 69.6 Å². The van der Waals surface area contributed by atoms with E-state index in [9.17, 15) is 27.9 Å². The number of aliphatic hydroxyl groups excluding tert-OH is 1. The van der Waals surface area contributed by atoms with Crippen LogP contribution < -0.4 is 5.32 Å². The van der Waals surface area contributed by atoms with Gasteiger partial charge in [0.2, 0.25) is 0 Å². The highest BCUT2D eigenvalue weighted by atomic mass is 35.5. The smallest absolute Gasteiger partial charge is 0.273 e. The quantitative estimate of drug-likeness (QED) is 0.801. The Morgan fingerprint density at radius 3 is 2.70 bits per heavy atom. The minimum atomic E-state index is -2.78.